The second-order valence-electron chi connectivity index (χ2n) is 3.64. The van der Waals surface area contributed by atoms with Crippen LogP contribution in [0.1, 0.15) is 5.56 Å². The smallest absolute Gasteiger partial charge is 0.159 e. The Morgan fingerprint density at radius 2 is 1.87 bits per heavy atom. The molecule has 1 unspecified atom stereocenters. The van der Waals surface area contributed by atoms with Gasteiger partial charge in [0, 0.05) is 0 Å². The summed E-state index contributed by atoms with van der Waals surface area (Å²) in [5, 5.41) is 0. The second kappa shape index (κ2) is 6.20. The Bertz CT molecular complexity index is 320. The highest BCUT2D eigenvalue weighted by atomic mass is 35.5. The van der Waals surface area contributed by atoms with Crippen LogP contribution in [0.25, 0.3) is 0 Å². The predicted octanol–water partition coefficient (Wildman–Crippen LogP) is 2.55. The molecule has 1 rings (SSSR count). The molecule has 0 aliphatic heterocycles. The van der Waals surface area contributed by atoms with Crippen LogP contribution in [0.3, 0.4) is 0 Å². The Kier molecular flexibility index (Phi) is 6.01. The van der Waals surface area contributed by atoms with Gasteiger partial charge in [0.2, 0.25) is 0 Å². The van der Waals surface area contributed by atoms with E-state index in [0.29, 0.717) is 6.42 Å². The molecule has 0 fully saturated rings. The quantitative estimate of drug-likeness (QED) is 0.820. The molecule has 1 aromatic rings. The van der Waals surface area contributed by atoms with Crippen LogP contribution in [0, 0.1) is 11.6 Å². The summed E-state index contributed by atoms with van der Waals surface area (Å²) >= 11 is 0. The molecule has 1 radical (unpaired) electrons. The van der Waals surface area contributed by atoms with E-state index in [9.17, 15) is 8.78 Å². The molecular weight excluding hydrogens is 236 g/mol. The van der Waals surface area contributed by atoms with Crippen molar-refractivity contribution in [2.24, 2.45) is 5.73 Å². The lowest BCUT2D eigenvalue weighted by Crippen LogP contribution is -2.35. The van der Waals surface area contributed by atoms with E-state index in [1.807, 2.05) is 0 Å². The highest BCUT2D eigenvalue weighted by molar-refractivity contribution is 6.57. The van der Waals surface area contributed by atoms with E-state index in [2.05, 4.69) is 13.1 Å². The summed E-state index contributed by atoms with van der Waals surface area (Å²) < 4.78 is 25.4. The zero-order chi connectivity index (χ0) is 10.7. The van der Waals surface area contributed by atoms with E-state index >= 15 is 0 Å². The van der Waals surface area contributed by atoms with E-state index in [-0.39, 0.29) is 18.1 Å². The minimum atomic E-state index is -0.805. The molecule has 0 spiro atoms. The summed E-state index contributed by atoms with van der Waals surface area (Å²) in [7, 11) is -0.571. The highest BCUT2D eigenvalue weighted by Crippen LogP contribution is 2.10. The molecule has 5 heteroatoms. The molecule has 2 N–H and O–H groups in total. The van der Waals surface area contributed by atoms with Gasteiger partial charge in [0.05, 0.1) is 8.80 Å². The first kappa shape index (κ1) is 14.5. The van der Waals surface area contributed by atoms with Crippen LogP contribution in [-0.2, 0) is 6.42 Å². The molecule has 15 heavy (non-hydrogen) atoms. The monoisotopic (exact) mass is 250 g/mol. The van der Waals surface area contributed by atoms with Crippen LogP contribution >= 0.6 is 12.4 Å². The minimum absolute atomic E-state index is 0. The van der Waals surface area contributed by atoms with Gasteiger partial charge >= 0.3 is 0 Å². The average molecular weight is 251 g/mol. The maximum absolute atomic E-state index is 12.8. The van der Waals surface area contributed by atoms with Crippen molar-refractivity contribution < 1.29 is 8.78 Å². The van der Waals surface area contributed by atoms with Crippen LogP contribution in [0.4, 0.5) is 8.78 Å². The maximum Gasteiger partial charge on any atom is 0.159 e. The topological polar surface area (TPSA) is 26.0 Å². The van der Waals surface area contributed by atoms with Gasteiger partial charge in [-0.15, -0.1) is 12.4 Å². The zero-order valence-electron chi connectivity index (χ0n) is 8.76. The molecule has 0 aliphatic carbocycles. The first-order chi connectivity index (χ1) is 6.50. The van der Waals surface area contributed by atoms with Crippen molar-refractivity contribution >= 4 is 21.2 Å². The molecule has 85 valence electrons. The standard InChI is InChI=1S/C10H14F2NSi.ClH/c1-14(2)10(13)6-7-3-4-8(11)9(12)5-7;/h3-5,10H,6,13H2,1-2H3;1H. The molecule has 0 bridgehead atoms. The molecule has 1 aromatic carbocycles. The highest BCUT2D eigenvalue weighted by Gasteiger charge is 2.11. The van der Waals surface area contributed by atoms with E-state index in [4.69, 9.17) is 5.73 Å². The van der Waals surface area contributed by atoms with Gasteiger partial charge in [-0.25, -0.2) is 8.78 Å². The van der Waals surface area contributed by atoms with E-state index in [1.165, 1.54) is 6.07 Å². The van der Waals surface area contributed by atoms with Crippen molar-refractivity contribution in [1.29, 1.82) is 0 Å². The first-order valence-electron chi connectivity index (χ1n) is 4.50. The lowest BCUT2D eigenvalue weighted by molar-refractivity contribution is 0.507. The number of nitrogens with two attached hydrogens (primary N) is 1. The lowest BCUT2D eigenvalue weighted by atomic mass is 10.1. The number of benzene rings is 1. The molecule has 0 aromatic heterocycles. The molecule has 0 amide bonds. The Morgan fingerprint density at radius 1 is 1.27 bits per heavy atom. The largest absolute Gasteiger partial charge is 0.330 e. The van der Waals surface area contributed by atoms with Crippen LogP contribution in [0.2, 0.25) is 13.1 Å². The van der Waals surface area contributed by atoms with Crippen LogP contribution in [-0.4, -0.2) is 14.5 Å². The van der Waals surface area contributed by atoms with E-state index in [1.54, 1.807) is 6.07 Å². The van der Waals surface area contributed by atoms with E-state index in [0.717, 1.165) is 11.6 Å². The third kappa shape index (κ3) is 4.28. The molecular formula is C10H15ClF2NSi. The fourth-order valence-corrected chi connectivity index (χ4v) is 1.77. The molecule has 1 nitrogen and oxygen atoms in total. The van der Waals surface area contributed by atoms with Gasteiger partial charge < -0.3 is 5.73 Å². The van der Waals surface area contributed by atoms with Gasteiger partial charge in [-0.05, 0) is 29.8 Å². The Labute approximate surface area is 96.7 Å². The lowest BCUT2D eigenvalue weighted by Gasteiger charge is -2.13. The fourth-order valence-electron chi connectivity index (χ4n) is 1.12. The van der Waals surface area contributed by atoms with Crippen molar-refractivity contribution in [3.05, 3.63) is 35.4 Å². The van der Waals surface area contributed by atoms with Crippen molar-refractivity contribution in [2.75, 3.05) is 0 Å². The minimum Gasteiger partial charge on any atom is -0.330 e. The van der Waals surface area contributed by atoms with E-state index < -0.39 is 20.4 Å². The van der Waals surface area contributed by atoms with Crippen molar-refractivity contribution in [3.63, 3.8) is 0 Å². The Balaban J connectivity index is 0.00000196. The third-order valence-corrected chi connectivity index (χ3v) is 3.87. The maximum atomic E-state index is 12.8. The number of rotatable bonds is 3. The summed E-state index contributed by atoms with van der Waals surface area (Å²) in [5.41, 5.74) is 6.72. The van der Waals surface area contributed by atoms with Gasteiger partial charge in [0.25, 0.3) is 0 Å². The molecule has 1 atom stereocenters. The summed E-state index contributed by atoms with van der Waals surface area (Å²) in [6, 6.07) is 3.96. The van der Waals surface area contributed by atoms with Gasteiger partial charge in [-0.1, -0.05) is 19.2 Å². The second-order valence-corrected chi connectivity index (χ2v) is 6.53. The fraction of sp³-hybridized carbons (Fsp3) is 0.400. The van der Waals surface area contributed by atoms with Crippen molar-refractivity contribution in [3.8, 4) is 0 Å². The van der Waals surface area contributed by atoms with Crippen molar-refractivity contribution in [1.82, 2.24) is 0 Å². The summed E-state index contributed by atoms with van der Waals surface area (Å²) in [5.74, 6) is -1.60. The van der Waals surface area contributed by atoms with Crippen LogP contribution in [0.5, 0.6) is 0 Å². The molecule has 0 saturated carbocycles. The predicted molar refractivity (Wildman–Crippen MR) is 62.8 cm³/mol. The Morgan fingerprint density at radius 3 is 2.33 bits per heavy atom. The molecule has 0 saturated heterocycles. The summed E-state index contributed by atoms with van der Waals surface area (Å²) in [6.45, 7) is 4.21. The first-order valence-corrected chi connectivity index (χ1v) is 7.08. The number of hydrogen-bond donors (Lipinski definition) is 1. The van der Waals surface area contributed by atoms with Crippen molar-refractivity contribution in [2.45, 2.75) is 25.2 Å². The Hall–Kier alpha value is -0.453. The van der Waals surface area contributed by atoms with Gasteiger partial charge in [0.1, 0.15) is 0 Å². The van der Waals surface area contributed by atoms with Crippen LogP contribution in [0.15, 0.2) is 18.2 Å². The third-order valence-electron chi connectivity index (χ3n) is 2.18. The normalized spacial score (nSPS) is 12.4. The summed E-state index contributed by atoms with van der Waals surface area (Å²) in [4.78, 5) is 0. The molecule has 0 heterocycles. The zero-order valence-corrected chi connectivity index (χ0v) is 10.6. The van der Waals surface area contributed by atoms with Gasteiger partial charge in [0.15, 0.2) is 11.6 Å². The SMILES string of the molecule is C[Si](C)C(N)Cc1ccc(F)c(F)c1.Cl. The van der Waals surface area contributed by atoms with Gasteiger partial charge in [-0.3, -0.25) is 0 Å². The van der Waals surface area contributed by atoms with Crippen LogP contribution < -0.4 is 5.73 Å². The van der Waals surface area contributed by atoms with Gasteiger partial charge in [-0.2, -0.15) is 0 Å². The number of hydrogen-bond acceptors (Lipinski definition) is 1. The summed E-state index contributed by atoms with van der Waals surface area (Å²) in [6.07, 6.45) is 0.624. The number of halogens is 3. The average Bonchev–Trinajstić information content (AvgIpc) is 2.11. The molecule has 0 aliphatic rings.